The number of hydrogen-bond donors (Lipinski definition) is 1. The van der Waals surface area contributed by atoms with Crippen LogP contribution in [-0.2, 0) is 15.7 Å². The van der Waals surface area contributed by atoms with Gasteiger partial charge in [0, 0.05) is 11.6 Å². The molecule has 0 bridgehead atoms. The molecule has 4 nitrogen and oxygen atoms in total. The SMILES string of the molecule is CCOC(=O)/C(O)=C/C(=O)c1ccc(F)c(C(F)(F)F)c1. The molecule has 0 saturated carbocycles. The average Bonchev–Trinajstić information content (AvgIpc) is 2.37. The molecule has 0 spiro atoms. The van der Waals surface area contributed by atoms with Crippen molar-refractivity contribution in [2.24, 2.45) is 0 Å². The first kappa shape index (κ1) is 16.7. The molecule has 0 aliphatic carbocycles. The van der Waals surface area contributed by atoms with Crippen LogP contribution in [0.25, 0.3) is 0 Å². The predicted octanol–water partition coefficient (Wildman–Crippen LogP) is 3.03. The molecule has 8 heteroatoms. The van der Waals surface area contributed by atoms with E-state index in [9.17, 15) is 32.3 Å². The van der Waals surface area contributed by atoms with Crippen molar-refractivity contribution in [1.29, 1.82) is 0 Å². The summed E-state index contributed by atoms with van der Waals surface area (Å²) in [6.45, 7) is 1.41. The van der Waals surface area contributed by atoms with Gasteiger partial charge in [-0.15, -0.1) is 0 Å². The number of hydrogen-bond acceptors (Lipinski definition) is 4. The molecule has 0 aliphatic heterocycles. The third-order valence-electron chi connectivity index (χ3n) is 2.31. The van der Waals surface area contributed by atoms with Gasteiger partial charge in [0.25, 0.3) is 0 Å². The normalized spacial score (nSPS) is 12.1. The molecule has 0 aliphatic rings. The smallest absolute Gasteiger partial charge is 0.419 e. The Balaban J connectivity index is 3.09. The Morgan fingerprint density at radius 1 is 1.33 bits per heavy atom. The lowest BCUT2D eigenvalue weighted by molar-refractivity contribution is -0.141. The standard InChI is InChI=1S/C13H10F4O4/c1-2-21-12(20)11(19)6-10(18)7-3-4-9(14)8(5-7)13(15,16)17/h3-6,19H,2H2,1H3/b11-6-. The molecule has 0 radical (unpaired) electrons. The van der Waals surface area contributed by atoms with Gasteiger partial charge in [0.2, 0.25) is 5.76 Å². The minimum absolute atomic E-state index is 0.0559. The topological polar surface area (TPSA) is 63.6 Å². The van der Waals surface area contributed by atoms with E-state index in [1.54, 1.807) is 0 Å². The largest absolute Gasteiger partial charge is 0.502 e. The second-order valence-corrected chi connectivity index (χ2v) is 3.81. The number of alkyl halides is 3. The van der Waals surface area contributed by atoms with Crippen molar-refractivity contribution in [3.63, 3.8) is 0 Å². The van der Waals surface area contributed by atoms with Crippen LogP contribution in [-0.4, -0.2) is 23.5 Å². The molecule has 1 N–H and O–H groups in total. The van der Waals surface area contributed by atoms with Gasteiger partial charge < -0.3 is 9.84 Å². The summed E-state index contributed by atoms with van der Waals surface area (Å²) in [4.78, 5) is 22.7. The number of benzene rings is 1. The lowest BCUT2D eigenvalue weighted by atomic mass is 10.1. The fourth-order valence-corrected chi connectivity index (χ4v) is 1.37. The summed E-state index contributed by atoms with van der Waals surface area (Å²) in [5.41, 5.74) is -2.14. The van der Waals surface area contributed by atoms with E-state index in [0.29, 0.717) is 18.2 Å². The van der Waals surface area contributed by atoms with Gasteiger partial charge in [0.1, 0.15) is 5.82 Å². The van der Waals surface area contributed by atoms with Crippen LogP contribution >= 0.6 is 0 Å². The number of halogens is 4. The van der Waals surface area contributed by atoms with Crippen LogP contribution in [0.4, 0.5) is 17.6 Å². The molecule has 0 heterocycles. The highest BCUT2D eigenvalue weighted by atomic mass is 19.4. The fourth-order valence-electron chi connectivity index (χ4n) is 1.37. The Kier molecular flexibility index (Phi) is 5.07. The van der Waals surface area contributed by atoms with E-state index >= 15 is 0 Å². The second kappa shape index (κ2) is 6.38. The maximum atomic E-state index is 13.0. The molecule has 0 fully saturated rings. The highest BCUT2D eigenvalue weighted by Crippen LogP contribution is 2.32. The number of ether oxygens (including phenoxy) is 1. The molecule has 0 saturated heterocycles. The number of esters is 1. The van der Waals surface area contributed by atoms with Crippen LogP contribution < -0.4 is 0 Å². The predicted molar refractivity (Wildman–Crippen MR) is 63.1 cm³/mol. The third-order valence-corrected chi connectivity index (χ3v) is 2.31. The number of ketones is 1. The van der Waals surface area contributed by atoms with Crippen molar-refractivity contribution in [3.8, 4) is 0 Å². The summed E-state index contributed by atoms with van der Waals surface area (Å²) in [6, 6.07) is 1.58. The van der Waals surface area contributed by atoms with Crippen LogP contribution in [0.2, 0.25) is 0 Å². The minimum atomic E-state index is -4.97. The highest BCUT2D eigenvalue weighted by Gasteiger charge is 2.34. The van der Waals surface area contributed by atoms with Crippen molar-refractivity contribution >= 4 is 11.8 Å². The molecule has 0 amide bonds. The van der Waals surface area contributed by atoms with Gasteiger partial charge in [-0.2, -0.15) is 13.2 Å². The lowest BCUT2D eigenvalue weighted by Crippen LogP contribution is -2.11. The lowest BCUT2D eigenvalue weighted by Gasteiger charge is -2.08. The summed E-state index contributed by atoms with van der Waals surface area (Å²) >= 11 is 0. The summed E-state index contributed by atoms with van der Waals surface area (Å²) in [5, 5.41) is 9.23. The first-order valence-corrected chi connectivity index (χ1v) is 5.65. The number of aliphatic hydroxyl groups excluding tert-OH is 1. The van der Waals surface area contributed by atoms with Crippen molar-refractivity contribution in [3.05, 3.63) is 47.0 Å². The Morgan fingerprint density at radius 3 is 2.48 bits per heavy atom. The minimum Gasteiger partial charge on any atom is -0.502 e. The molecule has 21 heavy (non-hydrogen) atoms. The van der Waals surface area contributed by atoms with Gasteiger partial charge in [-0.25, -0.2) is 9.18 Å². The highest BCUT2D eigenvalue weighted by molar-refractivity contribution is 6.08. The molecule has 0 aromatic heterocycles. The van der Waals surface area contributed by atoms with Crippen LogP contribution in [0.3, 0.4) is 0 Å². The first-order valence-electron chi connectivity index (χ1n) is 5.65. The molecule has 114 valence electrons. The van der Waals surface area contributed by atoms with Gasteiger partial charge in [0.05, 0.1) is 12.2 Å². The molecule has 0 atom stereocenters. The second-order valence-electron chi connectivity index (χ2n) is 3.81. The maximum absolute atomic E-state index is 13.0. The number of carbonyl (C=O) groups excluding carboxylic acids is 2. The molecule has 1 aromatic rings. The van der Waals surface area contributed by atoms with E-state index in [1.165, 1.54) is 6.92 Å². The fraction of sp³-hybridized carbons (Fsp3) is 0.231. The molecule has 1 aromatic carbocycles. The van der Waals surface area contributed by atoms with Gasteiger partial charge in [-0.05, 0) is 25.1 Å². The van der Waals surface area contributed by atoms with Crippen LogP contribution in [0.1, 0.15) is 22.8 Å². The van der Waals surface area contributed by atoms with Gasteiger partial charge in [0.15, 0.2) is 5.78 Å². The number of allylic oxidation sites excluding steroid dienone is 1. The van der Waals surface area contributed by atoms with Gasteiger partial charge in [-0.1, -0.05) is 0 Å². The zero-order valence-corrected chi connectivity index (χ0v) is 10.7. The van der Waals surface area contributed by atoms with E-state index in [0.717, 1.165) is 6.07 Å². The zero-order chi connectivity index (χ0) is 16.2. The first-order chi connectivity index (χ1) is 9.66. The summed E-state index contributed by atoms with van der Waals surface area (Å²) in [6.07, 6.45) is -4.56. The van der Waals surface area contributed by atoms with E-state index in [4.69, 9.17) is 0 Å². The van der Waals surface area contributed by atoms with Crippen LogP contribution in [0.15, 0.2) is 30.0 Å². The number of carbonyl (C=O) groups is 2. The van der Waals surface area contributed by atoms with E-state index in [1.807, 2.05) is 0 Å². The average molecular weight is 306 g/mol. The molecular formula is C13H10F4O4. The van der Waals surface area contributed by atoms with Crippen LogP contribution in [0, 0.1) is 5.82 Å². The van der Waals surface area contributed by atoms with Crippen molar-refractivity contribution in [1.82, 2.24) is 0 Å². The van der Waals surface area contributed by atoms with Crippen molar-refractivity contribution in [2.75, 3.05) is 6.61 Å². The zero-order valence-electron chi connectivity index (χ0n) is 10.7. The number of aliphatic hydroxyl groups is 1. The van der Waals surface area contributed by atoms with Crippen molar-refractivity contribution in [2.45, 2.75) is 13.1 Å². The quantitative estimate of drug-likeness (QED) is 0.305. The van der Waals surface area contributed by atoms with Crippen LogP contribution in [0.5, 0.6) is 0 Å². The van der Waals surface area contributed by atoms with E-state index in [-0.39, 0.29) is 6.61 Å². The van der Waals surface area contributed by atoms with E-state index in [2.05, 4.69) is 4.74 Å². The molecule has 1 rings (SSSR count). The Morgan fingerprint density at radius 2 is 1.95 bits per heavy atom. The Bertz CT molecular complexity index is 590. The molecular weight excluding hydrogens is 296 g/mol. The Labute approximate surface area is 116 Å². The summed E-state index contributed by atoms with van der Waals surface area (Å²) in [7, 11) is 0. The third kappa shape index (κ3) is 4.30. The van der Waals surface area contributed by atoms with Gasteiger partial charge in [-0.3, -0.25) is 4.79 Å². The summed E-state index contributed by atoms with van der Waals surface area (Å²) < 4.78 is 54.9. The van der Waals surface area contributed by atoms with Crippen molar-refractivity contribution < 1.29 is 37.0 Å². The maximum Gasteiger partial charge on any atom is 0.419 e. The Hall–Kier alpha value is -2.38. The monoisotopic (exact) mass is 306 g/mol. The van der Waals surface area contributed by atoms with E-state index < -0.39 is 40.6 Å². The molecule has 0 unspecified atom stereocenters. The summed E-state index contributed by atoms with van der Waals surface area (Å²) in [5.74, 6) is -4.87. The van der Waals surface area contributed by atoms with Gasteiger partial charge >= 0.3 is 12.1 Å². The number of rotatable bonds is 4.